The SMILES string of the molecule is CC1CN(S(=O)(=O)NC2(C(=O)O)CCCCC2)CC(C)O1. The molecule has 2 unspecified atom stereocenters. The van der Waals surface area contributed by atoms with E-state index in [4.69, 9.17) is 4.74 Å². The fourth-order valence-electron chi connectivity index (χ4n) is 3.15. The van der Waals surface area contributed by atoms with Crippen LogP contribution in [0.1, 0.15) is 46.0 Å². The van der Waals surface area contributed by atoms with Crippen LogP contribution in [0, 0.1) is 0 Å². The molecular formula is C13H24N2O5S. The number of hydrogen-bond donors (Lipinski definition) is 2. The molecular weight excluding hydrogens is 296 g/mol. The van der Waals surface area contributed by atoms with Crippen LogP contribution < -0.4 is 4.72 Å². The maximum atomic E-state index is 12.6. The van der Waals surface area contributed by atoms with Gasteiger partial charge in [-0.05, 0) is 26.7 Å². The number of carbonyl (C=O) groups is 1. The Morgan fingerprint density at radius 3 is 2.19 bits per heavy atom. The minimum Gasteiger partial charge on any atom is -0.480 e. The lowest BCUT2D eigenvalue weighted by Gasteiger charge is -2.39. The quantitative estimate of drug-likeness (QED) is 0.795. The number of nitrogens with zero attached hydrogens (tertiary/aromatic N) is 1. The minimum absolute atomic E-state index is 0.197. The van der Waals surface area contributed by atoms with E-state index >= 15 is 0 Å². The molecule has 1 aliphatic heterocycles. The Balaban J connectivity index is 2.16. The van der Waals surface area contributed by atoms with E-state index in [1.165, 1.54) is 4.31 Å². The highest BCUT2D eigenvalue weighted by Crippen LogP contribution is 2.30. The van der Waals surface area contributed by atoms with Crippen LogP contribution in [0.3, 0.4) is 0 Å². The highest BCUT2D eigenvalue weighted by atomic mass is 32.2. The lowest BCUT2D eigenvalue weighted by Crippen LogP contribution is -2.61. The van der Waals surface area contributed by atoms with Crippen LogP contribution >= 0.6 is 0 Å². The molecule has 21 heavy (non-hydrogen) atoms. The fourth-order valence-corrected chi connectivity index (χ4v) is 4.88. The van der Waals surface area contributed by atoms with Gasteiger partial charge in [-0.15, -0.1) is 0 Å². The highest BCUT2D eigenvalue weighted by Gasteiger charge is 2.45. The number of rotatable bonds is 4. The fraction of sp³-hybridized carbons (Fsp3) is 0.923. The van der Waals surface area contributed by atoms with Crippen LogP contribution in [0.2, 0.25) is 0 Å². The van der Waals surface area contributed by atoms with Crippen molar-refractivity contribution in [1.29, 1.82) is 0 Å². The third-order valence-corrected chi connectivity index (χ3v) is 5.79. The van der Waals surface area contributed by atoms with E-state index < -0.39 is 21.7 Å². The van der Waals surface area contributed by atoms with Crippen molar-refractivity contribution in [3.05, 3.63) is 0 Å². The van der Waals surface area contributed by atoms with Crippen LogP contribution in [0.4, 0.5) is 0 Å². The molecule has 0 aromatic rings. The van der Waals surface area contributed by atoms with Gasteiger partial charge in [0, 0.05) is 13.1 Å². The summed E-state index contributed by atoms with van der Waals surface area (Å²) in [6.45, 7) is 4.11. The van der Waals surface area contributed by atoms with E-state index in [-0.39, 0.29) is 25.3 Å². The lowest BCUT2D eigenvalue weighted by molar-refractivity contribution is -0.145. The molecule has 0 aromatic heterocycles. The molecule has 2 atom stereocenters. The van der Waals surface area contributed by atoms with E-state index in [9.17, 15) is 18.3 Å². The zero-order valence-corrected chi connectivity index (χ0v) is 13.4. The average Bonchev–Trinajstić information content (AvgIpc) is 2.38. The first kappa shape index (κ1) is 16.7. The summed E-state index contributed by atoms with van der Waals surface area (Å²) in [5, 5.41) is 9.48. The number of carboxylic acids is 1. The number of aliphatic carboxylic acids is 1. The van der Waals surface area contributed by atoms with Gasteiger partial charge >= 0.3 is 5.97 Å². The maximum absolute atomic E-state index is 12.6. The van der Waals surface area contributed by atoms with E-state index in [0.717, 1.165) is 19.3 Å². The van der Waals surface area contributed by atoms with Crippen LogP contribution in [-0.4, -0.2) is 54.6 Å². The Hall–Kier alpha value is -0.700. The first-order valence-electron chi connectivity index (χ1n) is 7.43. The second-order valence-electron chi connectivity index (χ2n) is 6.13. The summed E-state index contributed by atoms with van der Waals surface area (Å²) >= 11 is 0. The number of hydrogen-bond acceptors (Lipinski definition) is 4. The van der Waals surface area contributed by atoms with Crippen molar-refractivity contribution in [3.63, 3.8) is 0 Å². The van der Waals surface area contributed by atoms with E-state index in [0.29, 0.717) is 12.8 Å². The molecule has 0 aromatic carbocycles. The molecule has 8 heteroatoms. The third kappa shape index (κ3) is 3.74. The maximum Gasteiger partial charge on any atom is 0.324 e. The average molecular weight is 320 g/mol. The van der Waals surface area contributed by atoms with Crippen molar-refractivity contribution in [1.82, 2.24) is 9.03 Å². The summed E-state index contributed by atoms with van der Waals surface area (Å²) in [7, 11) is -3.83. The third-order valence-electron chi connectivity index (χ3n) is 4.17. The molecule has 122 valence electrons. The standard InChI is InChI=1S/C13H24N2O5S/c1-10-8-15(9-11(2)20-10)21(18,19)14-13(12(16)17)6-4-3-5-7-13/h10-11,14H,3-9H2,1-2H3,(H,16,17). The summed E-state index contributed by atoms with van der Waals surface area (Å²) in [6.07, 6.45) is 2.70. The summed E-state index contributed by atoms with van der Waals surface area (Å²) < 4.78 is 34.4. The molecule has 2 aliphatic rings. The Kier molecular flexibility index (Phi) is 4.92. The molecule has 0 spiro atoms. The Morgan fingerprint density at radius 1 is 1.19 bits per heavy atom. The molecule has 2 rings (SSSR count). The Morgan fingerprint density at radius 2 is 1.71 bits per heavy atom. The second-order valence-corrected chi connectivity index (χ2v) is 7.80. The largest absolute Gasteiger partial charge is 0.480 e. The molecule has 1 saturated heterocycles. The van der Waals surface area contributed by atoms with Gasteiger partial charge in [-0.1, -0.05) is 19.3 Å². The van der Waals surface area contributed by atoms with Gasteiger partial charge in [0.05, 0.1) is 12.2 Å². The lowest BCUT2D eigenvalue weighted by atomic mass is 9.83. The van der Waals surface area contributed by atoms with Crippen molar-refractivity contribution in [2.24, 2.45) is 0 Å². The summed E-state index contributed by atoms with van der Waals surface area (Å²) in [5.41, 5.74) is -1.36. The number of nitrogens with one attached hydrogen (secondary N) is 1. The minimum atomic E-state index is -3.83. The van der Waals surface area contributed by atoms with Gasteiger partial charge < -0.3 is 9.84 Å². The van der Waals surface area contributed by atoms with Crippen molar-refractivity contribution >= 4 is 16.2 Å². The number of morpholine rings is 1. The predicted octanol–water partition coefficient (Wildman–Crippen LogP) is 0.718. The molecule has 1 aliphatic carbocycles. The normalized spacial score (nSPS) is 31.0. The molecule has 2 fully saturated rings. The zero-order valence-electron chi connectivity index (χ0n) is 12.5. The number of ether oxygens (including phenoxy) is 1. The van der Waals surface area contributed by atoms with Gasteiger partial charge in [-0.2, -0.15) is 17.4 Å². The van der Waals surface area contributed by atoms with Gasteiger partial charge in [0.1, 0.15) is 5.54 Å². The molecule has 2 N–H and O–H groups in total. The highest BCUT2D eigenvalue weighted by molar-refractivity contribution is 7.87. The van der Waals surface area contributed by atoms with E-state index in [1.54, 1.807) is 0 Å². The van der Waals surface area contributed by atoms with Gasteiger partial charge in [0.2, 0.25) is 0 Å². The van der Waals surface area contributed by atoms with Crippen molar-refractivity contribution in [3.8, 4) is 0 Å². The number of carboxylic acid groups (broad SMARTS) is 1. The molecule has 1 saturated carbocycles. The summed E-state index contributed by atoms with van der Waals surface area (Å²) in [6, 6.07) is 0. The van der Waals surface area contributed by atoms with Crippen molar-refractivity contribution < 1.29 is 23.1 Å². The van der Waals surface area contributed by atoms with E-state index in [1.807, 2.05) is 13.8 Å². The topological polar surface area (TPSA) is 95.9 Å². The van der Waals surface area contributed by atoms with E-state index in [2.05, 4.69) is 4.72 Å². The van der Waals surface area contributed by atoms with Gasteiger partial charge in [0.25, 0.3) is 10.2 Å². The van der Waals surface area contributed by atoms with Gasteiger partial charge in [0.15, 0.2) is 0 Å². The van der Waals surface area contributed by atoms with Crippen LogP contribution in [0.5, 0.6) is 0 Å². The van der Waals surface area contributed by atoms with Crippen molar-refractivity contribution in [2.45, 2.75) is 63.7 Å². The van der Waals surface area contributed by atoms with Crippen molar-refractivity contribution in [2.75, 3.05) is 13.1 Å². The monoisotopic (exact) mass is 320 g/mol. The first-order chi connectivity index (χ1) is 9.75. The molecule has 7 nitrogen and oxygen atoms in total. The molecule has 0 bridgehead atoms. The zero-order chi connectivity index (χ0) is 15.7. The van der Waals surface area contributed by atoms with Crippen LogP contribution in [-0.2, 0) is 19.7 Å². The smallest absolute Gasteiger partial charge is 0.324 e. The molecule has 0 amide bonds. The van der Waals surface area contributed by atoms with Crippen LogP contribution in [0.15, 0.2) is 0 Å². The summed E-state index contributed by atoms with van der Waals surface area (Å²) in [5.74, 6) is -1.08. The van der Waals surface area contributed by atoms with Gasteiger partial charge in [-0.3, -0.25) is 4.79 Å². The first-order valence-corrected chi connectivity index (χ1v) is 8.87. The predicted molar refractivity (Wildman–Crippen MR) is 77.1 cm³/mol. The molecule has 0 radical (unpaired) electrons. The molecule has 1 heterocycles. The van der Waals surface area contributed by atoms with Crippen LogP contribution in [0.25, 0.3) is 0 Å². The Labute approximate surface area is 125 Å². The van der Waals surface area contributed by atoms with Gasteiger partial charge in [-0.25, -0.2) is 0 Å². The summed E-state index contributed by atoms with van der Waals surface area (Å²) in [4.78, 5) is 11.6. The Bertz CT molecular complexity index is 477. The second kappa shape index (κ2) is 6.20.